The summed E-state index contributed by atoms with van der Waals surface area (Å²) >= 11 is 0. The van der Waals surface area contributed by atoms with Gasteiger partial charge in [-0.25, -0.2) is 9.36 Å². The number of rotatable bonds is 22. The van der Waals surface area contributed by atoms with Crippen molar-refractivity contribution in [2.75, 3.05) is 39.6 Å². The van der Waals surface area contributed by atoms with E-state index in [0.717, 1.165) is 49.7 Å². The second-order valence-electron chi connectivity index (χ2n) is 17.8. The molecule has 7 rings (SSSR count). The van der Waals surface area contributed by atoms with Gasteiger partial charge in [0.2, 0.25) is 11.8 Å². The van der Waals surface area contributed by atoms with Gasteiger partial charge in [0.15, 0.2) is 0 Å². The van der Waals surface area contributed by atoms with Crippen molar-refractivity contribution in [2.45, 2.75) is 108 Å². The summed E-state index contributed by atoms with van der Waals surface area (Å²) in [5, 5.41) is 13.1. The van der Waals surface area contributed by atoms with Gasteiger partial charge in [-0.3, -0.25) is 18.6 Å². The van der Waals surface area contributed by atoms with Gasteiger partial charge in [-0.2, -0.15) is 0 Å². The van der Waals surface area contributed by atoms with Crippen molar-refractivity contribution in [1.29, 1.82) is 0 Å². The molecule has 4 aliphatic carbocycles. The van der Waals surface area contributed by atoms with Gasteiger partial charge in [0.05, 0.1) is 51.8 Å². The first-order valence-corrected chi connectivity index (χ1v) is 24.1. The van der Waals surface area contributed by atoms with E-state index in [1.165, 1.54) is 11.1 Å². The number of primary amides is 1. The fraction of sp³-hybridized carbons (Fsp3) is 0.562. The molecule has 0 aromatic heterocycles. The van der Waals surface area contributed by atoms with E-state index >= 15 is 0 Å². The first kappa shape index (κ1) is 47.8. The molecule has 16 heteroatoms. The average molecular weight is 906 g/mol. The smallest absolute Gasteiger partial charge is 0.460 e. The van der Waals surface area contributed by atoms with Crippen molar-refractivity contribution in [3.05, 3.63) is 101 Å². The van der Waals surface area contributed by atoms with Crippen LogP contribution in [0.15, 0.2) is 78.9 Å². The summed E-state index contributed by atoms with van der Waals surface area (Å²) in [5.74, 6) is -0.643. The number of nitrogens with two attached hydrogens (primary N) is 2. The van der Waals surface area contributed by atoms with Crippen LogP contribution in [0.25, 0.3) is 0 Å². The molecule has 0 aliphatic heterocycles. The predicted octanol–water partition coefficient (Wildman–Crippen LogP) is 5.88. The molecule has 2 amide bonds. The lowest BCUT2D eigenvalue weighted by Crippen LogP contribution is -2.55. The maximum Gasteiger partial charge on any atom is 0.530 e. The van der Waals surface area contributed by atoms with E-state index < -0.39 is 43.9 Å². The van der Waals surface area contributed by atoms with E-state index in [4.69, 9.17) is 44.0 Å². The average Bonchev–Trinajstić information content (AvgIpc) is 3.63. The fourth-order valence-corrected chi connectivity index (χ4v) is 11.6. The number of carbonyl (C=O) groups excluding carboxylic acids is 3. The minimum Gasteiger partial charge on any atom is -0.460 e. The third-order valence-corrected chi connectivity index (χ3v) is 15.0. The largest absolute Gasteiger partial charge is 0.530 e. The number of esters is 1. The number of hydrogen-bond donors (Lipinski definition) is 4. The van der Waals surface area contributed by atoms with E-state index in [1.54, 1.807) is 0 Å². The number of carbonyl (C=O) groups is 3. The summed E-state index contributed by atoms with van der Waals surface area (Å²) in [6, 6.07) is 24.6. The van der Waals surface area contributed by atoms with Crippen LogP contribution < -0.4 is 21.3 Å². The van der Waals surface area contributed by atoms with E-state index in [2.05, 4.69) is 18.3 Å². The summed E-state index contributed by atoms with van der Waals surface area (Å²) in [5.41, 5.74) is 15.6. The minimum atomic E-state index is -3.98. The maximum absolute atomic E-state index is 14.1. The number of aliphatic hydroxyl groups excluding tert-OH is 1. The topological polar surface area (TPSA) is 217 Å². The van der Waals surface area contributed by atoms with Gasteiger partial charge >= 0.3 is 13.8 Å². The number of hydrogen-bond acceptors (Lipinski definition) is 13. The van der Waals surface area contributed by atoms with Gasteiger partial charge in [0, 0.05) is 19.0 Å². The summed E-state index contributed by atoms with van der Waals surface area (Å²) in [6.07, 6.45) is 5.19. The molecule has 3 saturated carbocycles. The zero-order valence-electron chi connectivity index (χ0n) is 36.7. The van der Waals surface area contributed by atoms with Crippen molar-refractivity contribution in [2.24, 2.45) is 34.6 Å². The lowest BCUT2D eigenvalue weighted by Gasteiger charge is -2.50. The second-order valence-corrected chi connectivity index (χ2v) is 19.4. The Kier molecular flexibility index (Phi) is 16.7. The van der Waals surface area contributed by atoms with Crippen LogP contribution in [-0.4, -0.2) is 86.8 Å². The molecule has 3 aromatic rings. The molecule has 64 heavy (non-hydrogen) atoms. The molecule has 6 N–H and O–H groups in total. The zero-order valence-corrected chi connectivity index (χ0v) is 37.6. The Bertz CT molecular complexity index is 2010. The van der Waals surface area contributed by atoms with Crippen LogP contribution in [-0.2, 0) is 66.6 Å². The third kappa shape index (κ3) is 12.2. The van der Waals surface area contributed by atoms with Crippen LogP contribution in [0.2, 0.25) is 0 Å². The normalized spacial score (nSPS) is 27.4. The first-order valence-electron chi connectivity index (χ1n) is 22.7. The molecule has 9 atom stereocenters. The van der Waals surface area contributed by atoms with Gasteiger partial charge in [-0.15, -0.1) is 0 Å². The Hall–Kier alpha value is -4.18. The van der Waals surface area contributed by atoms with E-state index in [1.807, 2.05) is 72.8 Å². The van der Waals surface area contributed by atoms with Crippen molar-refractivity contribution in [3.8, 4) is 5.75 Å². The standard InChI is InChI=1S/C48H64N3O12P/c1-48-22-20-37-36-15-13-35(63-64(56,60-29-32-8-4-2-5-9-32)61-30-33-10-6-3-7-11-33)28-34(36)12-14-38(37)39(48)16-19-42(48)59-24-21-43(52)51-23-25-57-26-27-58-31-44(53)62-41-18-17-40(49)46(54)45(41)47(50)55/h2-11,13,15,28,37-42,45-46,54H,12,14,16-27,29-31,49H2,1H3,(H2,50,55)(H,51,52). The monoisotopic (exact) mass is 905 g/mol. The number of phosphoric ester groups is 1. The van der Waals surface area contributed by atoms with Crippen molar-refractivity contribution in [1.82, 2.24) is 5.32 Å². The number of fused-ring (bicyclic) bond motifs is 5. The highest BCUT2D eigenvalue weighted by molar-refractivity contribution is 7.48. The molecule has 15 nitrogen and oxygen atoms in total. The zero-order chi connectivity index (χ0) is 45.1. The maximum atomic E-state index is 14.1. The highest BCUT2D eigenvalue weighted by Gasteiger charge is 2.55. The Morgan fingerprint density at radius 1 is 0.844 bits per heavy atom. The molecule has 0 radical (unpaired) electrons. The highest BCUT2D eigenvalue weighted by atomic mass is 31.2. The van der Waals surface area contributed by atoms with Gasteiger partial charge in [-0.1, -0.05) is 73.7 Å². The van der Waals surface area contributed by atoms with Gasteiger partial charge in [0.1, 0.15) is 24.4 Å². The lowest BCUT2D eigenvalue weighted by atomic mass is 9.55. The lowest BCUT2D eigenvalue weighted by molar-refractivity contribution is -0.166. The van der Waals surface area contributed by atoms with Crippen molar-refractivity contribution in [3.63, 3.8) is 0 Å². The molecule has 0 heterocycles. The Balaban J connectivity index is 0.805. The van der Waals surface area contributed by atoms with Crippen LogP contribution in [0.5, 0.6) is 5.75 Å². The van der Waals surface area contributed by atoms with Crippen LogP contribution in [0.3, 0.4) is 0 Å². The van der Waals surface area contributed by atoms with Crippen LogP contribution in [0, 0.1) is 23.2 Å². The summed E-state index contributed by atoms with van der Waals surface area (Å²) in [6.45, 7) is 3.50. The number of aliphatic hydroxyl groups is 1. The number of ether oxygens (including phenoxy) is 4. The van der Waals surface area contributed by atoms with E-state index in [0.29, 0.717) is 49.5 Å². The van der Waals surface area contributed by atoms with Gasteiger partial charge in [0.25, 0.3) is 0 Å². The molecule has 4 aliphatic rings. The van der Waals surface area contributed by atoms with Gasteiger partial charge < -0.3 is 45.4 Å². The summed E-state index contributed by atoms with van der Waals surface area (Å²) in [4.78, 5) is 36.6. The van der Waals surface area contributed by atoms with Gasteiger partial charge in [-0.05, 0) is 109 Å². The SMILES string of the molecule is CC12CCC3c4ccc(OP(=O)(OCc5ccccc5)OCc5ccccc5)cc4CCC3C1CCC2OCCC(=O)NCCOCCOCC(=O)OC1CCC(N)C(O)C1C(N)=O. The number of aryl methyl sites for hydroxylation is 1. The summed E-state index contributed by atoms with van der Waals surface area (Å²) < 4.78 is 54.6. The molecule has 0 saturated heterocycles. The third-order valence-electron chi connectivity index (χ3n) is 13.7. The predicted molar refractivity (Wildman–Crippen MR) is 237 cm³/mol. The molecular formula is C48H64N3O12P. The molecule has 0 bridgehead atoms. The van der Waals surface area contributed by atoms with E-state index in [9.17, 15) is 24.1 Å². The Morgan fingerprint density at radius 3 is 2.25 bits per heavy atom. The van der Waals surface area contributed by atoms with E-state index in [-0.39, 0.29) is 63.5 Å². The summed E-state index contributed by atoms with van der Waals surface area (Å²) in [7, 11) is -3.98. The van der Waals surface area contributed by atoms with Crippen molar-refractivity contribution < 1.29 is 56.6 Å². The number of phosphoric acid groups is 1. The second kappa shape index (κ2) is 22.3. The molecule has 3 fully saturated rings. The quantitative estimate of drug-likeness (QED) is 0.0527. The number of benzene rings is 3. The Labute approximate surface area is 375 Å². The molecule has 9 unspecified atom stereocenters. The van der Waals surface area contributed by atoms with Crippen LogP contribution in [0.4, 0.5) is 0 Å². The number of nitrogens with one attached hydrogen (secondary N) is 1. The molecule has 3 aromatic carbocycles. The molecule has 348 valence electrons. The molecule has 0 spiro atoms. The molecular weight excluding hydrogens is 842 g/mol. The highest BCUT2D eigenvalue weighted by Crippen LogP contribution is 2.62. The van der Waals surface area contributed by atoms with Crippen LogP contribution in [0.1, 0.15) is 86.5 Å². The van der Waals surface area contributed by atoms with Crippen LogP contribution >= 0.6 is 7.82 Å². The first-order chi connectivity index (χ1) is 30.9. The number of amides is 2. The minimum absolute atomic E-state index is 0.0438. The Morgan fingerprint density at radius 2 is 1.55 bits per heavy atom. The van der Waals surface area contributed by atoms with Crippen molar-refractivity contribution >= 4 is 25.6 Å². The fourth-order valence-electron chi connectivity index (χ4n) is 10.4.